The van der Waals surface area contributed by atoms with Gasteiger partial charge >= 0.3 is 12.1 Å². The first-order chi connectivity index (χ1) is 22.9. The maximum absolute atomic E-state index is 15.3. The number of pyridine rings is 1. The fourth-order valence-electron chi connectivity index (χ4n) is 4.59. The number of carbonyl (C=O) groups is 3. The molecular weight excluding hydrogens is 637 g/mol. The molecule has 5 rings (SSSR count). The number of aliphatic carboxylic acids is 1. The standard InChI is InChI=1S/C35H32FN5O6S/c1-35(2,3)46-34(45)37-23-13-9-22(10-14-23)32-40-30(41-47-32)25-17-8-20(18-26(25)36)19-29(33(43)44)39-31(42)28-7-5-6-27(38-28)21-11-15-24(48-4)16-12-21/h5-18,29H,19H2,1-4H3,(H,37,45)(H,39,42)(H,43,44). The second-order valence-corrected chi connectivity index (χ2v) is 12.5. The van der Waals surface area contributed by atoms with Gasteiger partial charge in [0.15, 0.2) is 0 Å². The molecule has 11 nitrogen and oxygen atoms in total. The first kappa shape index (κ1) is 33.8. The lowest BCUT2D eigenvalue weighted by molar-refractivity contribution is -0.139. The summed E-state index contributed by atoms with van der Waals surface area (Å²) in [5.41, 5.74) is 2.19. The molecule has 0 spiro atoms. The highest BCUT2D eigenvalue weighted by atomic mass is 32.2. The number of thioether (sulfide) groups is 1. The third-order valence-electron chi connectivity index (χ3n) is 6.89. The number of rotatable bonds is 10. The number of nitrogens with zero attached hydrogens (tertiary/aromatic N) is 3. The Morgan fingerprint density at radius 1 is 0.958 bits per heavy atom. The van der Waals surface area contributed by atoms with Crippen molar-refractivity contribution in [3.63, 3.8) is 0 Å². The average molecular weight is 670 g/mol. The molecule has 48 heavy (non-hydrogen) atoms. The number of carbonyl (C=O) groups excluding carboxylic acids is 2. The topological polar surface area (TPSA) is 157 Å². The summed E-state index contributed by atoms with van der Waals surface area (Å²) in [4.78, 5) is 46.9. The number of benzene rings is 3. The normalized spacial score (nSPS) is 11.9. The van der Waals surface area contributed by atoms with E-state index in [1.54, 1.807) is 68.9 Å². The lowest BCUT2D eigenvalue weighted by atomic mass is 10.0. The number of hydrogen-bond donors (Lipinski definition) is 3. The second kappa shape index (κ2) is 14.5. The van der Waals surface area contributed by atoms with E-state index in [4.69, 9.17) is 9.26 Å². The molecule has 0 aliphatic rings. The number of carboxylic acid groups (broad SMARTS) is 1. The zero-order chi connectivity index (χ0) is 34.4. The van der Waals surface area contributed by atoms with E-state index in [1.807, 2.05) is 30.5 Å². The highest BCUT2D eigenvalue weighted by Crippen LogP contribution is 2.27. The SMILES string of the molecule is CSc1ccc(-c2cccc(C(=O)NC(Cc3ccc(-c4noc(-c5ccc(NC(=O)OC(C)(C)C)cc5)n4)c(F)c3)C(=O)O)n2)cc1. The molecule has 0 saturated heterocycles. The number of carboxylic acids is 1. The molecule has 0 bridgehead atoms. The van der Waals surface area contributed by atoms with E-state index in [0.717, 1.165) is 10.5 Å². The summed E-state index contributed by atoms with van der Waals surface area (Å²) in [5.74, 6) is -2.54. The van der Waals surface area contributed by atoms with E-state index in [9.17, 15) is 19.5 Å². The van der Waals surface area contributed by atoms with Crippen LogP contribution in [-0.2, 0) is 16.0 Å². The van der Waals surface area contributed by atoms with Crippen LogP contribution in [0.1, 0.15) is 36.8 Å². The summed E-state index contributed by atoms with van der Waals surface area (Å²) < 4.78 is 25.8. The Bertz CT molecular complexity index is 1940. The highest BCUT2D eigenvalue weighted by molar-refractivity contribution is 7.98. The second-order valence-electron chi connectivity index (χ2n) is 11.6. The van der Waals surface area contributed by atoms with Crippen molar-refractivity contribution in [3.05, 3.63) is 102 Å². The van der Waals surface area contributed by atoms with E-state index in [1.165, 1.54) is 24.3 Å². The first-order valence-electron chi connectivity index (χ1n) is 14.8. The Balaban J connectivity index is 1.24. The van der Waals surface area contributed by atoms with Crippen molar-refractivity contribution in [3.8, 4) is 34.1 Å². The Hall–Kier alpha value is -5.56. The molecule has 1 atom stereocenters. The Morgan fingerprint density at radius 3 is 2.31 bits per heavy atom. The lowest BCUT2D eigenvalue weighted by Crippen LogP contribution is -2.42. The quantitative estimate of drug-likeness (QED) is 0.131. The minimum absolute atomic E-state index is 0.0119. The van der Waals surface area contributed by atoms with Gasteiger partial charge in [-0.25, -0.2) is 19.0 Å². The van der Waals surface area contributed by atoms with Gasteiger partial charge in [-0.05, 0) is 93.3 Å². The number of anilines is 1. The molecule has 246 valence electrons. The molecule has 0 aliphatic carbocycles. The zero-order valence-corrected chi connectivity index (χ0v) is 27.3. The molecule has 5 aromatic rings. The van der Waals surface area contributed by atoms with E-state index in [0.29, 0.717) is 22.5 Å². The van der Waals surface area contributed by atoms with Gasteiger partial charge in [-0.1, -0.05) is 29.4 Å². The maximum atomic E-state index is 15.3. The van der Waals surface area contributed by atoms with Crippen molar-refractivity contribution in [2.45, 2.75) is 43.7 Å². The van der Waals surface area contributed by atoms with Gasteiger partial charge in [0.25, 0.3) is 11.8 Å². The maximum Gasteiger partial charge on any atom is 0.412 e. The van der Waals surface area contributed by atoms with Crippen molar-refractivity contribution in [2.24, 2.45) is 0 Å². The number of ether oxygens (including phenoxy) is 1. The molecule has 2 aromatic heterocycles. The molecule has 2 heterocycles. The number of nitrogens with one attached hydrogen (secondary N) is 2. The van der Waals surface area contributed by atoms with Crippen molar-refractivity contribution in [1.82, 2.24) is 20.4 Å². The van der Waals surface area contributed by atoms with E-state index in [-0.39, 0.29) is 29.4 Å². The van der Waals surface area contributed by atoms with Crippen molar-refractivity contribution in [2.75, 3.05) is 11.6 Å². The van der Waals surface area contributed by atoms with Crippen molar-refractivity contribution in [1.29, 1.82) is 0 Å². The molecule has 0 fully saturated rings. The Morgan fingerprint density at radius 2 is 1.67 bits per heavy atom. The average Bonchev–Trinajstić information content (AvgIpc) is 3.54. The monoisotopic (exact) mass is 669 g/mol. The number of halogens is 1. The van der Waals surface area contributed by atoms with Crippen LogP contribution in [0, 0.1) is 5.82 Å². The van der Waals surface area contributed by atoms with Crippen LogP contribution in [0.25, 0.3) is 34.1 Å². The van der Waals surface area contributed by atoms with Crippen LogP contribution in [0.4, 0.5) is 14.9 Å². The van der Waals surface area contributed by atoms with Gasteiger partial charge in [-0.2, -0.15) is 4.98 Å². The number of hydrogen-bond acceptors (Lipinski definition) is 9. The van der Waals surface area contributed by atoms with Gasteiger partial charge in [0.1, 0.15) is 23.2 Å². The van der Waals surface area contributed by atoms with Crippen molar-refractivity contribution < 1.29 is 33.1 Å². The van der Waals surface area contributed by atoms with Crippen molar-refractivity contribution >= 4 is 35.4 Å². The fourth-order valence-corrected chi connectivity index (χ4v) is 4.99. The third kappa shape index (κ3) is 8.62. The minimum atomic E-state index is -1.35. The summed E-state index contributed by atoms with van der Waals surface area (Å²) in [6.07, 6.45) is 1.19. The van der Waals surface area contributed by atoms with E-state index < -0.39 is 35.4 Å². The Kier molecular flexibility index (Phi) is 10.2. The van der Waals surface area contributed by atoms with Crippen LogP contribution < -0.4 is 10.6 Å². The van der Waals surface area contributed by atoms with Gasteiger partial charge in [-0.15, -0.1) is 11.8 Å². The molecule has 0 saturated carbocycles. The first-order valence-corrected chi connectivity index (χ1v) is 16.0. The van der Waals surface area contributed by atoms with E-state index >= 15 is 4.39 Å². The molecular formula is C35H32FN5O6S. The lowest BCUT2D eigenvalue weighted by Gasteiger charge is -2.19. The molecule has 1 unspecified atom stereocenters. The fraction of sp³-hybridized carbons (Fsp3) is 0.200. The van der Waals surface area contributed by atoms with Crippen LogP contribution in [0.3, 0.4) is 0 Å². The molecule has 2 amide bonds. The van der Waals surface area contributed by atoms with Gasteiger partial charge in [0.05, 0.1) is 11.3 Å². The van der Waals surface area contributed by atoms with Crippen LogP contribution >= 0.6 is 11.8 Å². The van der Waals surface area contributed by atoms with Crippen LogP contribution in [0.5, 0.6) is 0 Å². The van der Waals surface area contributed by atoms with Gasteiger partial charge in [-0.3, -0.25) is 10.1 Å². The highest BCUT2D eigenvalue weighted by Gasteiger charge is 2.24. The summed E-state index contributed by atoms with van der Waals surface area (Å²) in [5, 5.41) is 18.9. The van der Waals surface area contributed by atoms with Gasteiger partial charge < -0.3 is 19.7 Å². The molecule has 0 radical (unpaired) electrons. The van der Waals surface area contributed by atoms with Crippen LogP contribution in [-0.4, -0.2) is 56.1 Å². The summed E-state index contributed by atoms with van der Waals surface area (Å²) in [7, 11) is 0. The third-order valence-corrected chi connectivity index (χ3v) is 7.63. The smallest absolute Gasteiger partial charge is 0.412 e. The van der Waals surface area contributed by atoms with Gasteiger partial charge in [0, 0.05) is 28.1 Å². The number of aromatic nitrogens is 3. The summed E-state index contributed by atoms with van der Waals surface area (Å²) >= 11 is 1.61. The molecule has 13 heteroatoms. The Labute approximate surface area is 279 Å². The zero-order valence-electron chi connectivity index (χ0n) is 26.5. The predicted molar refractivity (Wildman–Crippen MR) is 179 cm³/mol. The van der Waals surface area contributed by atoms with Crippen LogP contribution in [0.15, 0.2) is 94.3 Å². The minimum Gasteiger partial charge on any atom is -0.480 e. The summed E-state index contributed by atoms with van der Waals surface area (Å²) in [6.45, 7) is 5.29. The van der Waals surface area contributed by atoms with Gasteiger partial charge in [0.2, 0.25) is 5.82 Å². The summed E-state index contributed by atoms with van der Waals surface area (Å²) in [6, 6.07) is 22.0. The molecule has 3 aromatic carbocycles. The predicted octanol–water partition coefficient (Wildman–Crippen LogP) is 7.10. The molecule has 0 aliphatic heterocycles. The van der Waals surface area contributed by atoms with E-state index in [2.05, 4.69) is 25.8 Å². The molecule has 3 N–H and O–H groups in total. The van der Waals surface area contributed by atoms with Crippen LogP contribution in [0.2, 0.25) is 0 Å². The largest absolute Gasteiger partial charge is 0.480 e. The number of amides is 2.